The standard InChI is InChI=1S/C26H20N4O9/c31-23(17-6-12-21(13-7-17)39-22-14-10-20(11-15-22)30(37)38)16-27(28-24(32)2-1-3-25(28)33)26(34)18-4-8-19(9-5-18)29(35)36/h4-15H,1-3,16H2. The van der Waals surface area contributed by atoms with E-state index in [0.29, 0.717) is 22.9 Å². The Labute approximate surface area is 220 Å². The van der Waals surface area contributed by atoms with Gasteiger partial charge in [0.15, 0.2) is 5.78 Å². The average molecular weight is 532 g/mol. The van der Waals surface area contributed by atoms with Crippen LogP contribution in [0.1, 0.15) is 40.0 Å². The lowest BCUT2D eigenvalue weighted by Crippen LogP contribution is -2.56. The molecule has 3 aromatic carbocycles. The van der Waals surface area contributed by atoms with Gasteiger partial charge in [0.1, 0.15) is 18.0 Å². The summed E-state index contributed by atoms with van der Waals surface area (Å²) in [6.07, 6.45) is 0.342. The number of non-ortho nitro benzene ring substituents is 2. The number of hydrazine groups is 1. The molecule has 198 valence electrons. The molecular formula is C26H20N4O9. The van der Waals surface area contributed by atoms with Crippen LogP contribution in [0.3, 0.4) is 0 Å². The quantitative estimate of drug-likeness (QED) is 0.170. The maximum Gasteiger partial charge on any atom is 0.273 e. The predicted octanol–water partition coefficient (Wildman–Crippen LogP) is 4.07. The third kappa shape index (κ3) is 6.10. The van der Waals surface area contributed by atoms with Crippen molar-refractivity contribution in [3.05, 3.63) is 104 Å². The first kappa shape index (κ1) is 26.6. The second kappa shape index (κ2) is 11.3. The fourth-order valence-corrected chi connectivity index (χ4v) is 3.83. The Hall–Kier alpha value is -5.46. The zero-order chi connectivity index (χ0) is 28.1. The number of ether oxygens (including phenoxy) is 1. The molecule has 0 aliphatic carbocycles. The number of ketones is 1. The third-order valence-electron chi connectivity index (χ3n) is 5.81. The Morgan fingerprint density at radius 1 is 0.744 bits per heavy atom. The van der Waals surface area contributed by atoms with Crippen LogP contribution in [0.25, 0.3) is 0 Å². The molecule has 13 nitrogen and oxygen atoms in total. The van der Waals surface area contributed by atoms with Crippen molar-refractivity contribution in [2.45, 2.75) is 19.3 Å². The van der Waals surface area contributed by atoms with E-state index in [2.05, 4.69) is 0 Å². The van der Waals surface area contributed by atoms with Crippen LogP contribution in [0.5, 0.6) is 11.5 Å². The molecule has 39 heavy (non-hydrogen) atoms. The first-order valence-electron chi connectivity index (χ1n) is 11.6. The largest absolute Gasteiger partial charge is 0.457 e. The van der Waals surface area contributed by atoms with Crippen molar-refractivity contribution < 1.29 is 33.8 Å². The molecule has 0 aromatic heterocycles. The van der Waals surface area contributed by atoms with E-state index in [1.807, 2.05) is 0 Å². The monoisotopic (exact) mass is 532 g/mol. The van der Waals surface area contributed by atoms with Crippen molar-refractivity contribution in [3.8, 4) is 11.5 Å². The van der Waals surface area contributed by atoms with E-state index in [4.69, 9.17) is 4.74 Å². The molecule has 13 heteroatoms. The Morgan fingerprint density at radius 2 is 1.18 bits per heavy atom. The number of imide groups is 1. The number of carbonyl (C=O) groups excluding carboxylic acids is 4. The van der Waals surface area contributed by atoms with Crippen LogP contribution in [0.2, 0.25) is 0 Å². The summed E-state index contributed by atoms with van der Waals surface area (Å²) in [7, 11) is 0. The average Bonchev–Trinajstić information content (AvgIpc) is 2.92. The van der Waals surface area contributed by atoms with Gasteiger partial charge in [0.2, 0.25) is 11.8 Å². The molecule has 1 fully saturated rings. The molecule has 0 spiro atoms. The number of carbonyl (C=O) groups is 4. The Bertz CT molecular complexity index is 1440. The lowest BCUT2D eigenvalue weighted by atomic mass is 10.1. The summed E-state index contributed by atoms with van der Waals surface area (Å²) in [5.41, 5.74) is -0.243. The summed E-state index contributed by atoms with van der Waals surface area (Å²) in [4.78, 5) is 72.1. The van der Waals surface area contributed by atoms with Crippen molar-refractivity contribution >= 4 is 34.9 Å². The van der Waals surface area contributed by atoms with E-state index in [-0.39, 0.29) is 35.3 Å². The first-order chi connectivity index (χ1) is 18.6. The minimum absolute atomic E-state index is 0.0126. The van der Waals surface area contributed by atoms with E-state index in [9.17, 15) is 39.4 Å². The number of nitro benzene ring substituents is 2. The third-order valence-corrected chi connectivity index (χ3v) is 5.81. The molecule has 1 saturated heterocycles. The Kier molecular flexibility index (Phi) is 7.70. The number of nitrogens with zero attached hydrogens (tertiary/aromatic N) is 4. The molecule has 0 bridgehead atoms. The second-order valence-electron chi connectivity index (χ2n) is 8.42. The van der Waals surface area contributed by atoms with Gasteiger partial charge in [0, 0.05) is 48.2 Å². The van der Waals surface area contributed by atoms with Gasteiger partial charge in [-0.15, -0.1) is 0 Å². The van der Waals surface area contributed by atoms with Gasteiger partial charge < -0.3 is 4.74 Å². The molecule has 3 amide bonds. The summed E-state index contributed by atoms with van der Waals surface area (Å²) >= 11 is 0. The fraction of sp³-hybridized carbons (Fsp3) is 0.154. The number of rotatable bonds is 9. The summed E-state index contributed by atoms with van der Waals surface area (Å²) in [5, 5.41) is 23.2. The van der Waals surface area contributed by atoms with E-state index in [1.54, 1.807) is 0 Å². The summed E-state index contributed by atoms with van der Waals surface area (Å²) < 4.78 is 5.63. The molecule has 3 aromatic rings. The molecule has 1 aliphatic rings. The highest BCUT2D eigenvalue weighted by atomic mass is 16.6. The lowest BCUT2D eigenvalue weighted by Gasteiger charge is -2.35. The molecule has 1 heterocycles. The molecule has 0 atom stereocenters. The predicted molar refractivity (Wildman–Crippen MR) is 134 cm³/mol. The minimum atomic E-state index is -0.847. The smallest absolute Gasteiger partial charge is 0.273 e. The van der Waals surface area contributed by atoms with Crippen molar-refractivity contribution in [1.82, 2.24) is 10.0 Å². The van der Waals surface area contributed by atoms with Gasteiger partial charge in [-0.25, -0.2) is 5.01 Å². The van der Waals surface area contributed by atoms with Crippen LogP contribution >= 0.6 is 0 Å². The molecular weight excluding hydrogens is 512 g/mol. The van der Waals surface area contributed by atoms with E-state index >= 15 is 0 Å². The Morgan fingerprint density at radius 3 is 1.67 bits per heavy atom. The minimum Gasteiger partial charge on any atom is -0.457 e. The van der Waals surface area contributed by atoms with Gasteiger partial charge in [0.25, 0.3) is 17.3 Å². The Balaban J connectivity index is 1.53. The number of benzene rings is 3. The summed E-state index contributed by atoms with van der Waals surface area (Å²) in [6, 6.07) is 15.8. The maximum absolute atomic E-state index is 13.3. The van der Waals surface area contributed by atoms with E-state index in [1.165, 1.54) is 60.7 Å². The lowest BCUT2D eigenvalue weighted by molar-refractivity contribution is -0.385. The van der Waals surface area contributed by atoms with Crippen LogP contribution in [0, 0.1) is 20.2 Å². The van der Waals surface area contributed by atoms with Crippen molar-refractivity contribution in [2.24, 2.45) is 0 Å². The SMILES string of the molecule is O=C(CN(C(=O)c1ccc([N+](=O)[O-])cc1)N1C(=O)CCCC1=O)c1ccc(Oc2ccc([N+](=O)[O-])cc2)cc1. The van der Waals surface area contributed by atoms with Crippen LogP contribution in [-0.4, -0.2) is 49.9 Å². The highest BCUT2D eigenvalue weighted by Crippen LogP contribution is 2.25. The maximum atomic E-state index is 13.3. The number of Topliss-reactive ketones (excluding diaryl/α,β-unsaturated/α-hetero) is 1. The van der Waals surface area contributed by atoms with Crippen molar-refractivity contribution in [2.75, 3.05) is 6.54 Å². The number of piperidine rings is 1. The first-order valence-corrected chi connectivity index (χ1v) is 11.6. The zero-order valence-electron chi connectivity index (χ0n) is 20.2. The molecule has 0 saturated carbocycles. The number of hydrogen-bond donors (Lipinski definition) is 0. The molecule has 0 unspecified atom stereocenters. The van der Waals surface area contributed by atoms with Gasteiger partial charge >= 0.3 is 0 Å². The van der Waals surface area contributed by atoms with Gasteiger partial charge in [-0.2, -0.15) is 5.01 Å². The van der Waals surface area contributed by atoms with E-state index < -0.39 is 39.9 Å². The van der Waals surface area contributed by atoms with Gasteiger partial charge in [0.05, 0.1) is 9.85 Å². The molecule has 0 radical (unpaired) electrons. The highest BCUT2D eigenvalue weighted by molar-refractivity contribution is 6.06. The summed E-state index contributed by atoms with van der Waals surface area (Å²) in [5.74, 6) is -2.04. The number of hydrogen-bond acceptors (Lipinski definition) is 9. The van der Waals surface area contributed by atoms with Crippen LogP contribution < -0.4 is 4.74 Å². The normalized spacial score (nSPS) is 13.1. The number of amides is 3. The highest BCUT2D eigenvalue weighted by Gasteiger charge is 2.36. The molecule has 1 aliphatic heterocycles. The van der Waals surface area contributed by atoms with Gasteiger partial charge in [-0.1, -0.05) is 0 Å². The number of nitro groups is 2. The molecule has 4 rings (SSSR count). The molecule has 0 N–H and O–H groups in total. The van der Waals surface area contributed by atoms with Gasteiger partial charge in [-0.05, 0) is 55.0 Å². The second-order valence-corrected chi connectivity index (χ2v) is 8.42. The van der Waals surface area contributed by atoms with E-state index in [0.717, 1.165) is 17.1 Å². The van der Waals surface area contributed by atoms with Crippen molar-refractivity contribution in [1.29, 1.82) is 0 Å². The van der Waals surface area contributed by atoms with Crippen molar-refractivity contribution in [3.63, 3.8) is 0 Å². The van der Waals surface area contributed by atoms with Crippen LogP contribution in [0.15, 0.2) is 72.8 Å². The fourth-order valence-electron chi connectivity index (χ4n) is 3.83. The summed E-state index contributed by atoms with van der Waals surface area (Å²) in [6.45, 7) is -0.643. The van der Waals surface area contributed by atoms with Crippen LogP contribution in [0.4, 0.5) is 11.4 Å². The zero-order valence-corrected chi connectivity index (χ0v) is 20.2. The topological polar surface area (TPSA) is 170 Å². The van der Waals surface area contributed by atoms with Crippen LogP contribution in [-0.2, 0) is 9.59 Å². The van der Waals surface area contributed by atoms with Gasteiger partial charge in [-0.3, -0.25) is 39.4 Å².